The second-order valence-electron chi connectivity index (χ2n) is 7.47. The highest BCUT2D eigenvalue weighted by molar-refractivity contribution is 7.88. The predicted octanol–water partition coefficient (Wildman–Crippen LogP) is 0.911. The van der Waals surface area contributed by atoms with Gasteiger partial charge in [-0.2, -0.15) is 0 Å². The van der Waals surface area contributed by atoms with Crippen LogP contribution in [-0.2, 0) is 19.6 Å². The molecule has 2 rings (SSSR count). The molecule has 1 amide bonds. The number of nitrogens with one attached hydrogen (secondary N) is 1. The van der Waals surface area contributed by atoms with Crippen LogP contribution < -0.4 is 5.32 Å². The summed E-state index contributed by atoms with van der Waals surface area (Å²) in [5.74, 6) is 0.544. The number of piperidine rings is 1. The highest BCUT2D eigenvalue weighted by Gasteiger charge is 2.31. The van der Waals surface area contributed by atoms with Crippen LogP contribution in [-0.4, -0.2) is 81.8 Å². The number of rotatable bonds is 8. The fraction of sp³-hybridized carbons (Fsp3) is 0.944. The summed E-state index contributed by atoms with van der Waals surface area (Å²) >= 11 is 0. The van der Waals surface area contributed by atoms with Crippen molar-refractivity contribution in [2.45, 2.75) is 45.6 Å². The maximum absolute atomic E-state index is 12.6. The van der Waals surface area contributed by atoms with Crippen LogP contribution in [0.2, 0.25) is 0 Å². The zero-order chi connectivity index (χ0) is 19.2. The Labute approximate surface area is 158 Å². The molecule has 1 atom stereocenters. The van der Waals surface area contributed by atoms with Crippen molar-refractivity contribution in [1.82, 2.24) is 14.5 Å². The van der Waals surface area contributed by atoms with E-state index in [4.69, 9.17) is 4.74 Å². The first-order valence-corrected chi connectivity index (χ1v) is 11.8. The van der Waals surface area contributed by atoms with Gasteiger partial charge in [0.1, 0.15) is 0 Å². The van der Waals surface area contributed by atoms with E-state index in [1.807, 2.05) is 0 Å². The molecule has 8 heteroatoms. The SMILES string of the molecule is CCC(CC)C(CNC(=O)C1CCN(S(C)(=O)=O)CC1)N1CCOCC1. The Hall–Kier alpha value is -0.700. The summed E-state index contributed by atoms with van der Waals surface area (Å²) in [4.78, 5) is 15.1. The summed E-state index contributed by atoms with van der Waals surface area (Å²) in [5, 5.41) is 3.16. The first-order valence-electron chi connectivity index (χ1n) is 9.91. The van der Waals surface area contributed by atoms with Crippen LogP contribution in [0.5, 0.6) is 0 Å². The molecule has 152 valence electrons. The van der Waals surface area contributed by atoms with Crippen molar-refractivity contribution < 1.29 is 17.9 Å². The molecule has 1 unspecified atom stereocenters. The van der Waals surface area contributed by atoms with E-state index in [1.54, 1.807) is 0 Å². The predicted molar refractivity (Wildman–Crippen MR) is 102 cm³/mol. The maximum Gasteiger partial charge on any atom is 0.223 e. The van der Waals surface area contributed by atoms with Crippen LogP contribution >= 0.6 is 0 Å². The van der Waals surface area contributed by atoms with Crippen LogP contribution in [0.15, 0.2) is 0 Å². The maximum atomic E-state index is 12.6. The molecule has 26 heavy (non-hydrogen) atoms. The lowest BCUT2D eigenvalue weighted by Crippen LogP contribution is -2.53. The highest BCUT2D eigenvalue weighted by Crippen LogP contribution is 2.22. The van der Waals surface area contributed by atoms with Crippen molar-refractivity contribution >= 4 is 15.9 Å². The van der Waals surface area contributed by atoms with E-state index in [9.17, 15) is 13.2 Å². The van der Waals surface area contributed by atoms with E-state index < -0.39 is 10.0 Å². The van der Waals surface area contributed by atoms with Gasteiger partial charge >= 0.3 is 0 Å². The fourth-order valence-electron chi connectivity index (χ4n) is 4.13. The van der Waals surface area contributed by atoms with Crippen molar-refractivity contribution in [3.05, 3.63) is 0 Å². The summed E-state index contributed by atoms with van der Waals surface area (Å²) < 4.78 is 30.1. The number of carbonyl (C=O) groups is 1. The largest absolute Gasteiger partial charge is 0.379 e. The van der Waals surface area contributed by atoms with Crippen LogP contribution in [0.3, 0.4) is 0 Å². The van der Waals surface area contributed by atoms with E-state index in [2.05, 4.69) is 24.1 Å². The molecular weight excluding hydrogens is 354 g/mol. The number of carbonyl (C=O) groups excluding carboxylic acids is 1. The second-order valence-corrected chi connectivity index (χ2v) is 9.46. The molecule has 2 fully saturated rings. The molecule has 0 aromatic rings. The Morgan fingerprint density at radius 1 is 1.12 bits per heavy atom. The molecule has 0 bridgehead atoms. The average Bonchev–Trinajstić information content (AvgIpc) is 2.65. The van der Waals surface area contributed by atoms with Crippen LogP contribution in [0.25, 0.3) is 0 Å². The molecule has 0 aromatic heterocycles. The fourth-order valence-corrected chi connectivity index (χ4v) is 5.01. The van der Waals surface area contributed by atoms with Gasteiger partial charge in [0.2, 0.25) is 15.9 Å². The summed E-state index contributed by atoms with van der Waals surface area (Å²) in [6.45, 7) is 9.33. The number of ether oxygens (including phenoxy) is 1. The molecule has 7 nitrogen and oxygen atoms in total. The number of hydrogen-bond donors (Lipinski definition) is 1. The monoisotopic (exact) mass is 389 g/mol. The van der Waals surface area contributed by atoms with Gasteiger partial charge in [-0.15, -0.1) is 0 Å². The molecule has 0 radical (unpaired) electrons. The minimum Gasteiger partial charge on any atom is -0.379 e. The number of amides is 1. The summed E-state index contributed by atoms with van der Waals surface area (Å²) in [6.07, 6.45) is 4.64. The third kappa shape index (κ3) is 5.90. The quantitative estimate of drug-likeness (QED) is 0.668. The van der Waals surface area contributed by atoms with E-state index in [-0.39, 0.29) is 11.8 Å². The van der Waals surface area contributed by atoms with Gasteiger partial charge < -0.3 is 10.1 Å². The second kappa shape index (κ2) is 10.0. The van der Waals surface area contributed by atoms with Crippen molar-refractivity contribution in [3.63, 3.8) is 0 Å². The number of nitrogens with zero attached hydrogens (tertiary/aromatic N) is 2. The van der Waals surface area contributed by atoms with Crippen molar-refractivity contribution in [2.24, 2.45) is 11.8 Å². The number of sulfonamides is 1. The molecule has 2 aliphatic rings. The van der Waals surface area contributed by atoms with Crippen molar-refractivity contribution in [3.8, 4) is 0 Å². The van der Waals surface area contributed by atoms with Crippen LogP contribution in [0.1, 0.15) is 39.5 Å². The van der Waals surface area contributed by atoms with Gasteiger partial charge in [-0.1, -0.05) is 26.7 Å². The third-order valence-corrected chi connectivity index (χ3v) is 7.19. The van der Waals surface area contributed by atoms with Crippen LogP contribution in [0.4, 0.5) is 0 Å². The smallest absolute Gasteiger partial charge is 0.223 e. The Balaban J connectivity index is 1.88. The van der Waals surface area contributed by atoms with Crippen LogP contribution in [0, 0.1) is 11.8 Å². The van der Waals surface area contributed by atoms with E-state index in [1.165, 1.54) is 10.6 Å². The van der Waals surface area contributed by atoms with E-state index >= 15 is 0 Å². The van der Waals surface area contributed by atoms with Gasteiger partial charge in [0, 0.05) is 44.7 Å². The molecule has 0 aliphatic carbocycles. The minimum absolute atomic E-state index is 0.0716. The molecule has 1 N–H and O–H groups in total. The molecule has 2 aliphatic heterocycles. The molecule has 2 saturated heterocycles. The normalized spacial score (nSPS) is 22.5. The van der Waals surface area contributed by atoms with Gasteiger partial charge in [0.05, 0.1) is 19.5 Å². The van der Waals surface area contributed by atoms with E-state index in [0.717, 1.165) is 39.1 Å². The molecule has 0 saturated carbocycles. The van der Waals surface area contributed by atoms with Gasteiger partial charge in [-0.25, -0.2) is 12.7 Å². The first-order chi connectivity index (χ1) is 12.4. The summed E-state index contributed by atoms with van der Waals surface area (Å²) in [7, 11) is -3.15. The lowest BCUT2D eigenvalue weighted by molar-refractivity contribution is -0.126. The first kappa shape index (κ1) is 21.6. The van der Waals surface area contributed by atoms with Gasteiger partial charge in [-0.3, -0.25) is 9.69 Å². The zero-order valence-electron chi connectivity index (χ0n) is 16.4. The molecular formula is C18H35N3O4S. The van der Waals surface area contributed by atoms with Crippen molar-refractivity contribution in [2.75, 3.05) is 52.2 Å². The molecule has 0 spiro atoms. The lowest BCUT2D eigenvalue weighted by atomic mass is 9.91. The van der Waals surface area contributed by atoms with Crippen molar-refractivity contribution in [1.29, 1.82) is 0 Å². The zero-order valence-corrected chi connectivity index (χ0v) is 17.3. The Morgan fingerprint density at radius 3 is 2.19 bits per heavy atom. The standard InChI is InChI=1S/C18H35N3O4S/c1-4-15(5-2)17(20-10-12-25-13-11-20)14-19-18(22)16-6-8-21(9-7-16)26(3,23)24/h15-17H,4-14H2,1-3H3,(H,19,22). The Kier molecular flexibility index (Phi) is 8.32. The topological polar surface area (TPSA) is 79.0 Å². The van der Waals surface area contributed by atoms with Gasteiger partial charge in [-0.05, 0) is 18.8 Å². The van der Waals surface area contributed by atoms with Gasteiger partial charge in [0.25, 0.3) is 0 Å². The highest BCUT2D eigenvalue weighted by atomic mass is 32.2. The Bertz CT molecular complexity index is 537. The summed E-state index contributed by atoms with van der Waals surface area (Å²) in [6, 6.07) is 0.342. The number of morpholine rings is 1. The van der Waals surface area contributed by atoms with Gasteiger partial charge in [0.15, 0.2) is 0 Å². The van der Waals surface area contributed by atoms with E-state index in [0.29, 0.717) is 44.4 Å². The summed E-state index contributed by atoms with van der Waals surface area (Å²) in [5.41, 5.74) is 0. The molecule has 0 aromatic carbocycles. The molecule has 2 heterocycles. The lowest BCUT2D eigenvalue weighted by Gasteiger charge is -2.39. The minimum atomic E-state index is -3.15. The third-order valence-electron chi connectivity index (χ3n) is 5.89. The Morgan fingerprint density at radius 2 is 1.69 bits per heavy atom. The average molecular weight is 390 g/mol. The number of hydrogen-bond acceptors (Lipinski definition) is 5.